The van der Waals surface area contributed by atoms with Crippen molar-refractivity contribution in [1.29, 1.82) is 0 Å². The molecule has 0 aromatic heterocycles. The van der Waals surface area contributed by atoms with Crippen molar-refractivity contribution < 1.29 is 8.78 Å². The van der Waals surface area contributed by atoms with Crippen LogP contribution in [0, 0.1) is 11.6 Å². The Morgan fingerprint density at radius 3 is 1.52 bits per heavy atom. The van der Waals surface area contributed by atoms with Gasteiger partial charge in [-0.1, -0.05) is 46.8 Å². The van der Waals surface area contributed by atoms with Gasteiger partial charge in [-0.05, 0) is 49.2 Å². The summed E-state index contributed by atoms with van der Waals surface area (Å²) in [7, 11) is 0.298. The lowest BCUT2D eigenvalue weighted by molar-refractivity contribution is 0.627. The van der Waals surface area contributed by atoms with Crippen molar-refractivity contribution in [3.8, 4) is 0 Å². The van der Waals surface area contributed by atoms with E-state index in [2.05, 4.69) is 13.2 Å². The fraction of sp³-hybridized carbons (Fsp3) is 0.111. The van der Waals surface area contributed by atoms with Gasteiger partial charge in [-0.15, -0.1) is 0 Å². The lowest BCUT2D eigenvalue weighted by Gasteiger charge is -2.12. The van der Waals surface area contributed by atoms with Crippen LogP contribution in [0.4, 0.5) is 8.78 Å². The molecule has 2 aromatic carbocycles. The summed E-state index contributed by atoms with van der Waals surface area (Å²) in [5.74, 6) is -0.554. The number of hydrogen-bond donors (Lipinski definition) is 0. The van der Waals surface area contributed by atoms with Gasteiger partial charge >= 0.3 is 0 Å². The molecule has 0 aliphatic rings. The molecule has 0 amide bonds. The van der Waals surface area contributed by atoms with Gasteiger partial charge in [0, 0.05) is 0 Å². The maximum absolute atomic E-state index is 13.4. The number of halogens is 2. The molecule has 2 radical (unpaired) electrons. The van der Waals surface area contributed by atoms with Crippen molar-refractivity contribution in [2.75, 3.05) is 0 Å². The Morgan fingerprint density at radius 2 is 1.19 bits per heavy atom. The van der Waals surface area contributed by atoms with Gasteiger partial charge in [0.1, 0.15) is 21.2 Å². The topological polar surface area (TPSA) is 0 Å². The van der Waals surface area contributed by atoms with Gasteiger partial charge in [0.05, 0.1) is 0 Å². The van der Waals surface area contributed by atoms with Crippen molar-refractivity contribution >= 4 is 31.0 Å². The van der Waals surface area contributed by atoms with Crippen LogP contribution in [-0.4, -0.2) is 9.52 Å². The lowest BCUT2D eigenvalue weighted by atomic mass is 10.1. The molecule has 2 rings (SSSR count). The minimum Gasteiger partial charge on any atom is -0.207 e. The molecule has 0 heterocycles. The maximum Gasteiger partial charge on any atom is 0.123 e. The Kier molecular flexibility index (Phi) is 4.53. The van der Waals surface area contributed by atoms with E-state index >= 15 is 0 Å². The highest BCUT2D eigenvalue weighted by atomic mass is 28.2. The second kappa shape index (κ2) is 6.18. The third kappa shape index (κ3) is 3.55. The van der Waals surface area contributed by atoms with Crippen molar-refractivity contribution in [2.24, 2.45) is 0 Å². The summed E-state index contributed by atoms with van der Waals surface area (Å²) in [6.07, 6.45) is 0. The first-order chi connectivity index (χ1) is 9.88. The molecule has 0 bridgehead atoms. The smallest absolute Gasteiger partial charge is 0.123 e. The van der Waals surface area contributed by atoms with Crippen LogP contribution in [0.25, 0.3) is 11.1 Å². The first-order valence-electron chi connectivity index (χ1n) is 6.56. The second-order valence-electron chi connectivity index (χ2n) is 5.07. The molecular weight excluding hydrogens is 282 g/mol. The third-order valence-electron chi connectivity index (χ3n) is 3.15. The Hall–Kier alpha value is -2.00. The molecule has 3 heteroatoms. The standard InChI is InChI=1S/C18H16F2Si/c1-11(2)15-9-13(19)5-7-17(15)21-18-8-6-14(20)10-16(18)12(3)4/h5-10H,1,3H2,2,4H3. The van der Waals surface area contributed by atoms with Crippen molar-refractivity contribution in [1.82, 2.24) is 0 Å². The fourth-order valence-corrected chi connectivity index (χ4v) is 3.57. The number of benzene rings is 2. The summed E-state index contributed by atoms with van der Waals surface area (Å²) in [6.45, 7) is 11.5. The van der Waals surface area contributed by atoms with Gasteiger partial charge < -0.3 is 0 Å². The van der Waals surface area contributed by atoms with Gasteiger partial charge in [0.15, 0.2) is 0 Å². The molecule has 21 heavy (non-hydrogen) atoms. The van der Waals surface area contributed by atoms with Crippen molar-refractivity contribution in [2.45, 2.75) is 13.8 Å². The molecule has 0 spiro atoms. The van der Waals surface area contributed by atoms with Crippen molar-refractivity contribution in [3.05, 3.63) is 72.3 Å². The van der Waals surface area contributed by atoms with Gasteiger partial charge in [0.25, 0.3) is 0 Å². The van der Waals surface area contributed by atoms with Crippen LogP contribution in [0.3, 0.4) is 0 Å². The van der Waals surface area contributed by atoms with Crippen LogP contribution in [0.15, 0.2) is 49.6 Å². The van der Waals surface area contributed by atoms with Crippen molar-refractivity contribution in [3.63, 3.8) is 0 Å². The molecule has 0 N–H and O–H groups in total. The number of rotatable bonds is 4. The van der Waals surface area contributed by atoms with Gasteiger partial charge in [-0.3, -0.25) is 0 Å². The summed E-state index contributed by atoms with van der Waals surface area (Å²) in [4.78, 5) is 0. The molecule has 2 aromatic rings. The molecular formula is C18H16F2Si. The monoisotopic (exact) mass is 298 g/mol. The Bertz CT molecular complexity index is 656. The zero-order valence-corrected chi connectivity index (χ0v) is 13.1. The highest BCUT2D eigenvalue weighted by molar-refractivity contribution is 6.69. The third-order valence-corrected chi connectivity index (χ3v) is 4.56. The molecule has 0 aliphatic heterocycles. The molecule has 0 saturated heterocycles. The average Bonchev–Trinajstić information content (AvgIpc) is 2.42. The normalized spacial score (nSPS) is 10.5. The van der Waals surface area contributed by atoms with Crippen LogP contribution in [0.2, 0.25) is 0 Å². The van der Waals surface area contributed by atoms with E-state index in [1.165, 1.54) is 24.3 Å². The van der Waals surface area contributed by atoms with E-state index in [1.54, 1.807) is 12.1 Å². The first kappa shape index (κ1) is 15.4. The molecule has 0 nitrogen and oxygen atoms in total. The molecule has 0 aliphatic carbocycles. The first-order valence-corrected chi connectivity index (χ1v) is 7.56. The van der Waals surface area contributed by atoms with E-state index in [0.717, 1.165) is 32.6 Å². The minimum absolute atomic E-state index is 0.277. The molecule has 0 unspecified atom stereocenters. The fourth-order valence-electron chi connectivity index (χ4n) is 2.10. The summed E-state index contributed by atoms with van der Waals surface area (Å²) >= 11 is 0. The largest absolute Gasteiger partial charge is 0.207 e. The Balaban J connectivity index is 2.48. The van der Waals surface area contributed by atoms with E-state index < -0.39 is 0 Å². The predicted molar refractivity (Wildman–Crippen MR) is 87.2 cm³/mol. The zero-order chi connectivity index (χ0) is 15.6. The lowest BCUT2D eigenvalue weighted by Crippen LogP contribution is -2.32. The van der Waals surface area contributed by atoms with Crippen LogP contribution in [-0.2, 0) is 0 Å². The number of hydrogen-bond acceptors (Lipinski definition) is 0. The van der Waals surface area contributed by atoms with E-state index in [0.29, 0.717) is 9.52 Å². The van der Waals surface area contributed by atoms with Crippen LogP contribution < -0.4 is 10.4 Å². The summed E-state index contributed by atoms with van der Waals surface area (Å²) in [5, 5.41) is 2.00. The molecule has 0 saturated carbocycles. The van der Waals surface area contributed by atoms with E-state index in [4.69, 9.17) is 0 Å². The van der Waals surface area contributed by atoms with E-state index in [-0.39, 0.29) is 11.6 Å². The maximum atomic E-state index is 13.4. The molecule has 106 valence electrons. The Labute approximate surface area is 126 Å². The zero-order valence-electron chi connectivity index (χ0n) is 12.1. The van der Waals surface area contributed by atoms with Crippen LogP contribution in [0.1, 0.15) is 25.0 Å². The SMILES string of the molecule is C=C(C)c1cc(F)ccc1[Si]c1ccc(F)cc1C(=C)C. The highest BCUT2D eigenvalue weighted by Gasteiger charge is 2.11. The predicted octanol–water partition coefficient (Wildman–Crippen LogP) is 3.69. The highest BCUT2D eigenvalue weighted by Crippen LogP contribution is 2.13. The van der Waals surface area contributed by atoms with Gasteiger partial charge in [-0.2, -0.15) is 0 Å². The molecule has 0 atom stereocenters. The van der Waals surface area contributed by atoms with Gasteiger partial charge in [-0.25, -0.2) is 8.78 Å². The quantitative estimate of drug-likeness (QED) is 0.755. The van der Waals surface area contributed by atoms with E-state index in [1.807, 2.05) is 13.8 Å². The van der Waals surface area contributed by atoms with Crippen LogP contribution in [0.5, 0.6) is 0 Å². The number of allylic oxidation sites excluding steroid dienone is 2. The Morgan fingerprint density at radius 1 is 0.810 bits per heavy atom. The second-order valence-corrected chi connectivity index (χ2v) is 6.39. The van der Waals surface area contributed by atoms with Crippen LogP contribution >= 0.6 is 0 Å². The minimum atomic E-state index is -0.277. The van der Waals surface area contributed by atoms with E-state index in [9.17, 15) is 8.78 Å². The average molecular weight is 298 g/mol. The molecule has 0 fully saturated rings. The van der Waals surface area contributed by atoms with Gasteiger partial charge in [0.2, 0.25) is 0 Å². The summed E-state index contributed by atoms with van der Waals surface area (Å²) in [6, 6.07) is 9.41. The summed E-state index contributed by atoms with van der Waals surface area (Å²) < 4.78 is 26.8. The summed E-state index contributed by atoms with van der Waals surface area (Å²) in [5.41, 5.74) is 3.25.